The molecule has 3 rings (SSSR count). The Bertz CT molecular complexity index is 1190. The summed E-state index contributed by atoms with van der Waals surface area (Å²) in [5, 5.41) is 4.15. The summed E-state index contributed by atoms with van der Waals surface area (Å²) in [7, 11) is 1.63. The summed E-state index contributed by atoms with van der Waals surface area (Å²) in [6.45, 7) is 7.64. The minimum atomic E-state index is -0.923. The van der Waals surface area contributed by atoms with Crippen molar-refractivity contribution in [2.75, 3.05) is 7.05 Å². The van der Waals surface area contributed by atoms with Crippen molar-refractivity contribution in [2.24, 2.45) is 9.98 Å². The average Bonchev–Trinajstić information content (AvgIpc) is 3.24. The summed E-state index contributed by atoms with van der Waals surface area (Å²) in [6.07, 6.45) is 4.64. The first-order valence-electron chi connectivity index (χ1n) is 10.2. The number of nitrogens with zero attached hydrogens (tertiary/aromatic N) is 3. The Hall–Kier alpha value is -3.67. The highest BCUT2D eigenvalue weighted by molar-refractivity contribution is 6.00. The van der Waals surface area contributed by atoms with Crippen LogP contribution < -0.4 is 0 Å². The molecule has 0 N–H and O–H groups in total. The van der Waals surface area contributed by atoms with Crippen molar-refractivity contribution < 1.29 is 13.3 Å². The van der Waals surface area contributed by atoms with E-state index in [9.17, 15) is 8.78 Å². The maximum Gasteiger partial charge on any atom is 0.167 e. The van der Waals surface area contributed by atoms with Crippen molar-refractivity contribution in [3.05, 3.63) is 101 Å². The van der Waals surface area contributed by atoms with Crippen LogP contribution in [0.1, 0.15) is 30.2 Å². The van der Waals surface area contributed by atoms with Gasteiger partial charge in [0, 0.05) is 48.2 Å². The van der Waals surface area contributed by atoms with Gasteiger partial charge in [-0.1, -0.05) is 53.7 Å². The smallest absolute Gasteiger partial charge is 0.167 e. The number of hydrogen-bond donors (Lipinski definition) is 0. The Morgan fingerprint density at radius 2 is 1.91 bits per heavy atom. The van der Waals surface area contributed by atoms with E-state index in [-0.39, 0.29) is 5.56 Å². The van der Waals surface area contributed by atoms with Gasteiger partial charge in [-0.05, 0) is 32.4 Å². The van der Waals surface area contributed by atoms with Crippen LogP contribution in [-0.2, 0) is 6.42 Å². The van der Waals surface area contributed by atoms with E-state index in [1.54, 1.807) is 20.2 Å². The van der Waals surface area contributed by atoms with Crippen molar-refractivity contribution >= 4 is 11.9 Å². The number of benzene rings is 2. The summed E-state index contributed by atoms with van der Waals surface area (Å²) in [5.41, 5.74) is 4.51. The van der Waals surface area contributed by atoms with Crippen molar-refractivity contribution in [3.63, 3.8) is 0 Å². The van der Waals surface area contributed by atoms with Gasteiger partial charge >= 0.3 is 0 Å². The lowest BCUT2D eigenvalue weighted by Crippen LogP contribution is -2.03. The van der Waals surface area contributed by atoms with Crippen LogP contribution in [0.3, 0.4) is 0 Å². The van der Waals surface area contributed by atoms with Gasteiger partial charge in [-0.15, -0.1) is 0 Å². The van der Waals surface area contributed by atoms with Gasteiger partial charge in [-0.3, -0.25) is 9.98 Å². The molecule has 0 aliphatic carbocycles. The lowest BCUT2D eigenvalue weighted by molar-refractivity contribution is 0.386. The molecule has 2 aromatic carbocycles. The molecule has 0 amide bonds. The molecule has 0 saturated carbocycles. The first-order valence-corrected chi connectivity index (χ1v) is 10.2. The van der Waals surface area contributed by atoms with Crippen molar-refractivity contribution in [1.29, 1.82) is 0 Å². The minimum Gasteiger partial charge on any atom is -0.361 e. The summed E-state index contributed by atoms with van der Waals surface area (Å²) >= 11 is 0. The summed E-state index contributed by atoms with van der Waals surface area (Å²) in [4.78, 5) is 8.47. The molecule has 32 heavy (non-hydrogen) atoms. The van der Waals surface area contributed by atoms with Gasteiger partial charge in [0.1, 0.15) is 11.5 Å². The molecular weight excluding hydrogens is 408 g/mol. The first-order chi connectivity index (χ1) is 15.4. The molecule has 0 fully saturated rings. The van der Waals surface area contributed by atoms with E-state index < -0.39 is 11.6 Å². The fourth-order valence-electron chi connectivity index (χ4n) is 3.14. The van der Waals surface area contributed by atoms with E-state index >= 15 is 0 Å². The van der Waals surface area contributed by atoms with Gasteiger partial charge in [-0.25, -0.2) is 8.78 Å². The topological polar surface area (TPSA) is 50.8 Å². The predicted molar refractivity (Wildman–Crippen MR) is 125 cm³/mol. The standard InChI is InChI=1S/C26H25F2N3O/c1-17-11-13-20(14-12-17)25-15-21(32-31-25)7-5-10-24(18(2)16-29-4)30-19(3)22-8-6-9-23(27)26(22)28/h6,8-16H,2,5,7H2,1,3-4H3/b24-10+,29-16?,30-19?. The lowest BCUT2D eigenvalue weighted by Gasteiger charge is -2.07. The molecule has 0 spiro atoms. The highest BCUT2D eigenvalue weighted by atomic mass is 19.2. The largest absolute Gasteiger partial charge is 0.361 e. The number of aryl methyl sites for hydroxylation is 2. The molecule has 164 valence electrons. The second kappa shape index (κ2) is 10.6. The minimum absolute atomic E-state index is 0.107. The van der Waals surface area contributed by atoms with Gasteiger partial charge in [0.05, 0.1) is 5.70 Å². The van der Waals surface area contributed by atoms with Crippen molar-refractivity contribution in [3.8, 4) is 11.3 Å². The SMILES string of the molecule is C=C(C=NC)/C(=C\CCc1cc(-c2ccc(C)cc2)no1)N=C(C)c1cccc(F)c1F. The third-order valence-electron chi connectivity index (χ3n) is 4.88. The van der Waals surface area contributed by atoms with Crippen LogP contribution in [0.15, 0.2) is 87.0 Å². The number of hydrogen-bond acceptors (Lipinski definition) is 4. The number of aromatic nitrogens is 1. The zero-order valence-electron chi connectivity index (χ0n) is 18.4. The Morgan fingerprint density at radius 1 is 1.16 bits per heavy atom. The van der Waals surface area contributed by atoms with Gasteiger partial charge in [0.25, 0.3) is 0 Å². The van der Waals surface area contributed by atoms with Crippen LogP contribution in [-0.4, -0.2) is 24.1 Å². The quantitative estimate of drug-likeness (QED) is 0.300. The number of halogens is 2. The Kier molecular flexibility index (Phi) is 7.60. The van der Waals surface area contributed by atoms with Crippen LogP contribution in [0.5, 0.6) is 0 Å². The summed E-state index contributed by atoms with van der Waals surface area (Å²) in [5.74, 6) is -1.10. The van der Waals surface area contributed by atoms with Crippen molar-refractivity contribution in [1.82, 2.24) is 5.16 Å². The molecule has 4 nitrogen and oxygen atoms in total. The molecule has 0 atom stereocenters. The van der Waals surface area contributed by atoms with Gasteiger partial charge in [0.15, 0.2) is 11.6 Å². The van der Waals surface area contributed by atoms with Crippen LogP contribution in [0.25, 0.3) is 11.3 Å². The van der Waals surface area contributed by atoms with Gasteiger partial charge in [-0.2, -0.15) is 0 Å². The molecule has 6 heteroatoms. The fourth-order valence-corrected chi connectivity index (χ4v) is 3.14. The van der Waals surface area contributed by atoms with Crippen LogP contribution in [0.4, 0.5) is 8.78 Å². The molecule has 0 saturated heterocycles. The first kappa shape index (κ1) is 23.0. The van der Waals surface area contributed by atoms with Crippen LogP contribution in [0.2, 0.25) is 0 Å². The molecular formula is C26H25F2N3O. The van der Waals surface area contributed by atoms with E-state index in [0.29, 0.717) is 29.8 Å². The molecule has 0 aliphatic rings. The molecule has 1 aromatic heterocycles. The fraction of sp³-hybridized carbons (Fsp3) is 0.192. The average molecular weight is 434 g/mol. The number of allylic oxidation sites excluding steroid dienone is 2. The summed E-state index contributed by atoms with van der Waals surface area (Å²) < 4.78 is 33.2. The zero-order valence-corrected chi connectivity index (χ0v) is 18.4. The normalized spacial score (nSPS) is 12.5. The van der Waals surface area contributed by atoms with Gasteiger partial charge < -0.3 is 4.52 Å². The highest BCUT2D eigenvalue weighted by Crippen LogP contribution is 2.21. The van der Waals surface area contributed by atoms with E-state index in [4.69, 9.17) is 4.52 Å². The van der Waals surface area contributed by atoms with Gasteiger partial charge in [0.2, 0.25) is 0 Å². The molecule has 0 unspecified atom stereocenters. The molecule has 1 heterocycles. The Labute approximate surface area is 186 Å². The maximum atomic E-state index is 14.1. The van der Waals surface area contributed by atoms with E-state index in [2.05, 4.69) is 21.7 Å². The maximum absolute atomic E-state index is 14.1. The zero-order chi connectivity index (χ0) is 23.1. The summed E-state index contributed by atoms with van der Waals surface area (Å²) in [6, 6.07) is 14.0. The third-order valence-corrected chi connectivity index (χ3v) is 4.88. The highest BCUT2D eigenvalue weighted by Gasteiger charge is 2.11. The number of rotatable bonds is 8. The van der Waals surface area contributed by atoms with Crippen LogP contribution in [0, 0.1) is 18.6 Å². The second-order valence-electron chi connectivity index (χ2n) is 7.38. The number of aliphatic imine (C=N–C) groups is 2. The molecule has 0 bridgehead atoms. The van der Waals surface area contributed by atoms with E-state index in [1.807, 2.05) is 43.3 Å². The van der Waals surface area contributed by atoms with Crippen LogP contribution >= 0.6 is 0 Å². The molecule has 0 aliphatic heterocycles. The van der Waals surface area contributed by atoms with E-state index in [1.165, 1.54) is 17.7 Å². The monoisotopic (exact) mass is 433 g/mol. The Balaban J connectivity index is 1.78. The predicted octanol–water partition coefficient (Wildman–Crippen LogP) is 6.51. The lowest BCUT2D eigenvalue weighted by atomic mass is 10.1. The second-order valence-corrected chi connectivity index (χ2v) is 7.38. The van der Waals surface area contributed by atoms with Crippen molar-refractivity contribution in [2.45, 2.75) is 26.7 Å². The van der Waals surface area contributed by atoms with E-state index in [0.717, 1.165) is 23.1 Å². The third kappa shape index (κ3) is 5.72. The Morgan fingerprint density at radius 3 is 2.62 bits per heavy atom. The molecule has 3 aromatic rings. The molecule has 0 radical (unpaired) electrons.